The number of alkyl halides is 2. The second-order valence-electron chi connectivity index (χ2n) is 10.0. The summed E-state index contributed by atoms with van der Waals surface area (Å²) in [4.78, 5) is 36.1. The van der Waals surface area contributed by atoms with Crippen LogP contribution in [0.3, 0.4) is 0 Å². The molecule has 4 heterocycles. The number of aromatic nitrogens is 7. The number of ether oxygens (including phenoxy) is 1. The van der Waals surface area contributed by atoms with Gasteiger partial charge in [0, 0.05) is 55.0 Å². The molecule has 1 fully saturated rings. The first-order valence-electron chi connectivity index (χ1n) is 13.7. The molecule has 4 aromatic heterocycles. The molecule has 13 nitrogen and oxygen atoms in total. The van der Waals surface area contributed by atoms with Gasteiger partial charge in [0.1, 0.15) is 23.3 Å². The molecular formula is C28H28ClF2N11O2. The number of hydrogen-bond donors (Lipinski definition) is 2. The number of carbonyl (C=O) groups is 1. The van der Waals surface area contributed by atoms with E-state index in [1.54, 1.807) is 44.0 Å². The number of hydrogen-bond acceptors (Lipinski definition) is 10. The summed E-state index contributed by atoms with van der Waals surface area (Å²) in [6, 6.07) is 4.75. The molecule has 2 N–H and O–H groups in total. The lowest BCUT2D eigenvalue weighted by Gasteiger charge is -2.36. The Balaban J connectivity index is 1.30. The van der Waals surface area contributed by atoms with Gasteiger partial charge in [-0.15, -0.1) is 0 Å². The smallest absolute Gasteiger partial charge is 0.323 e. The summed E-state index contributed by atoms with van der Waals surface area (Å²) in [7, 11) is 3.19. The lowest BCUT2D eigenvalue weighted by Crippen LogP contribution is -2.50. The number of pyridine rings is 1. The molecule has 1 saturated carbocycles. The van der Waals surface area contributed by atoms with Crippen molar-refractivity contribution >= 4 is 29.4 Å². The third-order valence-electron chi connectivity index (χ3n) is 7.08. The number of urea groups is 1. The van der Waals surface area contributed by atoms with Gasteiger partial charge in [0.05, 0.1) is 30.4 Å². The van der Waals surface area contributed by atoms with Gasteiger partial charge in [0.15, 0.2) is 0 Å². The van der Waals surface area contributed by atoms with Gasteiger partial charge in [0.2, 0.25) is 5.95 Å². The van der Waals surface area contributed by atoms with Gasteiger partial charge in [-0.25, -0.2) is 38.5 Å². The number of nitrogens with one attached hydrogen (secondary N) is 2. The molecule has 0 radical (unpaired) electrons. The van der Waals surface area contributed by atoms with Gasteiger partial charge in [-0.3, -0.25) is 9.58 Å². The number of anilines is 2. The van der Waals surface area contributed by atoms with Crippen LogP contribution in [-0.2, 0) is 7.05 Å². The van der Waals surface area contributed by atoms with Gasteiger partial charge < -0.3 is 15.4 Å². The molecule has 0 spiro atoms. The number of rotatable bonds is 9. The second-order valence-corrected chi connectivity index (χ2v) is 10.4. The Morgan fingerprint density at radius 3 is 2.43 bits per heavy atom. The van der Waals surface area contributed by atoms with Crippen molar-refractivity contribution < 1.29 is 18.3 Å². The SMILES string of the molecule is COc1ncc(-c2ccc(N(C(=O)NCC(F)F)C3CCC(Nc4ncc(C#N)c(-c5nn(C)cc5Cl)n4)CC3)nc2)cn1. The van der Waals surface area contributed by atoms with E-state index in [-0.39, 0.29) is 23.7 Å². The number of aryl methyl sites for hydroxylation is 1. The third kappa shape index (κ3) is 6.97. The minimum absolute atomic E-state index is 0.0392. The average Bonchev–Trinajstić information content (AvgIpc) is 3.38. The first-order valence-corrected chi connectivity index (χ1v) is 14.0. The van der Waals surface area contributed by atoms with Crippen LogP contribution in [-0.4, -0.2) is 72.9 Å². The van der Waals surface area contributed by atoms with Crippen LogP contribution < -0.4 is 20.3 Å². The molecule has 0 aliphatic heterocycles. The average molecular weight is 624 g/mol. The van der Waals surface area contributed by atoms with E-state index in [1.807, 2.05) is 0 Å². The molecule has 16 heteroatoms. The Labute approximate surface area is 256 Å². The summed E-state index contributed by atoms with van der Waals surface area (Å²) < 4.78 is 32.4. The number of nitriles is 1. The normalized spacial score (nSPS) is 16.3. The summed E-state index contributed by atoms with van der Waals surface area (Å²) in [5.74, 6) is 0.647. The molecule has 228 valence electrons. The summed E-state index contributed by atoms with van der Waals surface area (Å²) in [6.45, 7) is -0.772. The molecule has 0 saturated heterocycles. The van der Waals surface area contributed by atoms with Crippen molar-refractivity contribution in [3.8, 4) is 34.6 Å². The highest BCUT2D eigenvalue weighted by Crippen LogP contribution is 2.31. The van der Waals surface area contributed by atoms with Gasteiger partial charge in [-0.05, 0) is 37.8 Å². The van der Waals surface area contributed by atoms with E-state index < -0.39 is 19.0 Å². The van der Waals surface area contributed by atoms with Crippen molar-refractivity contribution in [3.63, 3.8) is 0 Å². The van der Waals surface area contributed by atoms with E-state index >= 15 is 0 Å². The number of amides is 2. The van der Waals surface area contributed by atoms with Crippen LogP contribution in [0.2, 0.25) is 5.02 Å². The largest absolute Gasteiger partial charge is 0.467 e. The number of halogens is 3. The molecule has 0 atom stereocenters. The Bertz CT molecular complexity index is 1640. The van der Waals surface area contributed by atoms with Crippen LogP contribution in [0.4, 0.5) is 25.3 Å². The van der Waals surface area contributed by atoms with E-state index in [0.29, 0.717) is 65.0 Å². The summed E-state index contributed by atoms with van der Waals surface area (Å²) in [6.07, 6.45) is 7.50. The zero-order valence-corrected chi connectivity index (χ0v) is 24.5. The van der Waals surface area contributed by atoms with Crippen LogP contribution in [0.15, 0.2) is 43.1 Å². The van der Waals surface area contributed by atoms with Gasteiger partial charge >= 0.3 is 12.0 Å². The molecule has 5 rings (SSSR count). The second kappa shape index (κ2) is 13.6. The quantitative estimate of drug-likeness (QED) is 0.272. The first-order chi connectivity index (χ1) is 21.2. The van der Waals surface area contributed by atoms with Crippen molar-refractivity contribution in [1.82, 2.24) is 40.0 Å². The van der Waals surface area contributed by atoms with Crippen LogP contribution in [0, 0.1) is 11.3 Å². The Hall–Kier alpha value is -4.97. The molecule has 0 aromatic carbocycles. The van der Waals surface area contributed by atoms with Crippen molar-refractivity contribution in [2.45, 2.75) is 44.2 Å². The number of methoxy groups -OCH3 is 1. The zero-order valence-electron chi connectivity index (χ0n) is 23.8. The minimum Gasteiger partial charge on any atom is -0.467 e. The van der Waals surface area contributed by atoms with Crippen LogP contribution in [0.5, 0.6) is 6.01 Å². The molecule has 2 amide bonds. The van der Waals surface area contributed by atoms with Crippen LogP contribution in [0.1, 0.15) is 31.2 Å². The molecule has 1 aliphatic carbocycles. The summed E-state index contributed by atoms with van der Waals surface area (Å²) >= 11 is 6.30. The summed E-state index contributed by atoms with van der Waals surface area (Å²) in [5.41, 5.74) is 2.35. The van der Waals surface area contributed by atoms with Crippen molar-refractivity contribution in [3.05, 3.63) is 53.7 Å². The van der Waals surface area contributed by atoms with E-state index in [0.717, 1.165) is 0 Å². The van der Waals surface area contributed by atoms with E-state index in [2.05, 4.69) is 46.7 Å². The highest BCUT2D eigenvalue weighted by atomic mass is 35.5. The molecular weight excluding hydrogens is 596 g/mol. The van der Waals surface area contributed by atoms with Crippen molar-refractivity contribution in [1.29, 1.82) is 5.26 Å². The summed E-state index contributed by atoms with van der Waals surface area (Å²) in [5, 5.41) is 19.8. The van der Waals surface area contributed by atoms with E-state index in [1.165, 1.54) is 22.9 Å². The van der Waals surface area contributed by atoms with E-state index in [9.17, 15) is 18.8 Å². The maximum Gasteiger partial charge on any atom is 0.323 e. The van der Waals surface area contributed by atoms with Crippen LogP contribution >= 0.6 is 11.6 Å². The fourth-order valence-electron chi connectivity index (χ4n) is 4.97. The fraction of sp³-hybridized carbons (Fsp3) is 0.357. The standard InChI is InChI=1S/C28H28ClF2N11O2/c1-41-15-21(29)25(40-41)24-17(9-32)11-34-26(39-24)38-19-4-6-20(7-5-19)42(28(43)37-14-22(30)31)23-8-3-16(10-33-23)18-12-35-27(44-2)36-13-18/h3,8,10-13,15,19-20,22H,4-7,14H2,1-2H3,(H,37,43)(H,34,38,39). The Morgan fingerprint density at radius 1 is 1.11 bits per heavy atom. The highest BCUT2D eigenvalue weighted by Gasteiger charge is 2.31. The predicted octanol–water partition coefficient (Wildman–Crippen LogP) is 4.47. The molecule has 0 bridgehead atoms. The molecule has 0 unspecified atom stereocenters. The number of nitrogens with zero attached hydrogens (tertiary/aromatic N) is 9. The minimum atomic E-state index is -2.69. The van der Waals surface area contributed by atoms with Gasteiger partial charge in [0.25, 0.3) is 6.43 Å². The topological polar surface area (TPSA) is 160 Å². The lowest BCUT2D eigenvalue weighted by molar-refractivity contribution is 0.146. The van der Waals surface area contributed by atoms with Gasteiger partial charge in [-0.2, -0.15) is 10.4 Å². The van der Waals surface area contributed by atoms with Crippen molar-refractivity contribution in [2.24, 2.45) is 7.05 Å². The first kappa shape index (κ1) is 30.5. The molecule has 44 heavy (non-hydrogen) atoms. The molecule has 4 aromatic rings. The fourth-order valence-corrected chi connectivity index (χ4v) is 5.24. The van der Waals surface area contributed by atoms with E-state index in [4.69, 9.17) is 16.3 Å². The third-order valence-corrected chi connectivity index (χ3v) is 7.35. The maximum atomic E-state index is 13.1. The van der Waals surface area contributed by atoms with Crippen LogP contribution in [0.25, 0.3) is 22.5 Å². The highest BCUT2D eigenvalue weighted by molar-refractivity contribution is 6.33. The lowest BCUT2D eigenvalue weighted by atomic mass is 9.90. The monoisotopic (exact) mass is 623 g/mol. The van der Waals surface area contributed by atoms with Gasteiger partial charge in [-0.1, -0.05) is 11.6 Å². The zero-order chi connectivity index (χ0) is 31.2. The predicted molar refractivity (Wildman–Crippen MR) is 157 cm³/mol. The maximum absolute atomic E-state index is 13.1. The van der Waals surface area contributed by atoms with Crippen molar-refractivity contribution in [2.75, 3.05) is 23.9 Å². The molecule has 1 aliphatic rings. The number of carbonyl (C=O) groups excluding carboxylic acids is 1. The Kier molecular flexibility index (Phi) is 9.39. The Morgan fingerprint density at radius 2 is 1.84 bits per heavy atom.